The van der Waals surface area contributed by atoms with Gasteiger partial charge >= 0.3 is 7.12 Å². The maximum atomic E-state index is 6.31. The maximum Gasteiger partial charge on any atom is 0.494 e. The Bertz CT molecular complexity index is 2680. The van der Waals surface area contributed by atoms with Crippen LogP contribution in [-0.2, 0) is 9.31 Å². The smallest absolute Gasteiger partial charge is 0.399 e. The van der Waals surface area contributed by atoms with Gasteiger partial charge in [0.1, 0.15) is 28.4 Å². The van der Waals surface area contributed by atoms with Gasteiger partial charge in [-0.25, -0.2) is 39.3 Å². The number of H-pyrrole nitrogens is 2. The summed E-state index contributed by atoms with van der Waals surface area (Å²) in [4.78, 5) is 31.4. The average Bonchev–Trinajstić information content (AvgIpc) is 3.99. The molecule has 7 heterocycles. The first-order valence-electron chi connectivity index (χ1n) is 17.2. The molecule has 0 unspecified atom stereocenters. The Balaban J connectivity index is 0.000000133. The number of anilines is 2. The number of nitrogens with zero attached hydrogens (tertiary/aromatic N) is 10. The number of halogens is 3. The van der Waals surface area contributed by atoms with E-state index in [1.807, 2.05) is 90.3 Å². The molecule has 1 saturated heterocycles. The quantitative estimate of drug-likeness (QED) is 0.138. The van der Waals surface area contributed by atoms with E-state index in [1.54, 1.807) is 22.0 Å². The van der Waals surface area contributed by atoms with Crippen molar-refractivity contribution in [1.82, 2.24) is 59.4 Å². The first-order chi connectivity index (χ1) is 26.6. The summed E-state index contributed by atoms with van der Waals surface area (Å²) in [5.41, 5.74) is 18.0. The molecule has 0 spiro atoms. The Hall–Kier alpha value is -5.40. The van der Waals surface area contributed by atoms with Crippen molar-refractivity contribution >= 4 is 85.4 Å². The van der Waals surface area contributed by atoms with Crippen LogP contribution in [0.25, 0.3) is 45.0 Å². The molecule has 16 nitrogen and oxygen atoms in total. The number of rotatable bonds is 4. The third-order valence-electron chi connectivity index (χ3n) is 9.16. The second-order valence-electron chi connectivity index (χ2n) is 13.8. The Morgan fingerprint density at radius 2 is 1.23 bits per heavy atom. The van der Waals surface area contributed by atoms with Crippen LogP contribution in [0.2, 0.25) is 10.0 Å². The number of nitrogen functional groups attached to an aromatic ring is 2. The summed E-state index contributed by atoms with van der Waals surface area (Å²) < 4.78 is 15.9. The fourth-order valence-electron chi connectivity index (χ4n) is 5.63. The minimum Gasteiger partial charge on any atom is -0.399 e. The maximum absolute atomic E-state index is 6.31. The molecule has 1 fully saturated rings. The summed E-state index contributed by atoms with van der Waals surface area (Å²) in [5.74, 6) is 1.84. The van der Waals surface area contributed by atoms with Gasteiger partial charge in [-0.15, -0.1) is 0 Å². The summed E-state index contributed by atoms with van der Waals surface area (Å²) in [6.07, 6.45) is 9.86. The fraction of sp³-hybridized carbons (Fsp3) is 0.222. The molecule has 9 rings (SSSR count). The highest BCUT2D eigenvalue weighted by molar-refractivity contribution is 9.10. The predicted molar refractivity (Wildman–Crippen MR) is 221 cm³/mol. The minimum atomic E-state index is -0.407. The lowest BCUT2D eigenvalue weighted by atomic mass is 9.79. The van der Waals surface area contributed by atoms with E-state index in [4.69, 9.17) is 44.0 Å². The van der Waals surface area contributed by atoms with Gasteiger partial charge in [0.05, 0.1) is 68.7 Å². The number of fused-ring (bicyclic) bond motifs is 2. The van der Waals surface area contributed by atoms with Crippen molar-refractivity contribution in [2.24, 2.45) is 0 Å². The van der Waals surface area contributed by atoms with Crippen LogP contribution in [0.5, 0.6) is 0 Å². The molecule has 0 amide bonds. The first-order valence-corrected chi connectivity index (χ1v) is 18.7. The van der Waals surface area contributed by atoms with Gasteiger partial charge in [-0.2, -0.15) is 10.2 Å². The summed E-state index contributed by atoms with van der Waals surface area (Å²) in [6, 6.07) is 11.3. The lowest BCUT2D eigenvalue weighted by Gasteiger charge is -2.32. The summed E-state index contributed by atoms with van der Waals surface area (Å²) >= 11 is 15.8. The Labute approximate surface area is 339 Å². The molecular weight excluding hydrogens is 822 g/mol. The molecule has 6 aromatic heterocycles. The highest BCUT2D eigenvalue weighted by Gasteiger charge is 2.51. The molecule has 56 heavy (non-hydrogen) atoms. The molecular formula is C36H36BBrCl2N14O2. The summed E-state index contributed by atoms with van der Waals surface area (Å²) in [6.45, 7) is 11.9. The number of hydrogen-bond donors (Lipinski definition) is 4. The van der Waals surface area contributed by atoms with Gasteiger partial charge in [0.2, 0.25) is 0 Å². The number of aromatic amines is 2. The van der Waals surface area contributed by atoms with Crippen molar-refractivity contribution in [2.45, 2.75) is 52.7 Å². The number of hydrogen-bond acceptors (Lipinski definition) is 12. The Morgan fingerprint density at radius 1 is 0.714 bits per heavy atom. The molecule has 8 aromatic rings. The van der Waals surface area contributed by atoms with Crippen LogP contribution in [-0.4, -0.2) is 77.8 Å². The van der Waals surface area contributed by atoms with E-state index >= 15 is 0 Å². The molecule has 1 aliphatic heterocycles. The van der Waals surface area contributed by atoms with E-state index in [9.17, 15) is 0 Å². The zero-order valence-electron chi connectivity index (χ0n) is 31.1. The van der Waals surface area contributed by atoms with Gasteiger partial charge in [0.25, 0.3) is 0 Å². The molecule has 0 atom stereocenters. The molecule has 0 aliphatic carbocycles. The highest BCUT2D eigenvalue weighted by atomic mass is 79.9. The Kier molecular flexibility index (Phi) is 10.6. The minimum absolute atomic E-state index is 0.325. The van der Waals surface area contributed by atoms with Crippen molar-refractivity contribution in [1.29, 1.82) is 0 Å². The van der Waals surface area contributed by atoms with E-state index in [0.29, 0.717) is 43.6 Å². The normalized spacial score (nSPS) is 14.4. The average molecular weight is 858 g/mol. The van der Waals surface area contributed by atoms with Gasteiger partial charge in [0.15, 0.2) is 16.2 Å². The number of nitrogens with two attached hydrogens (primary N) is 2. The third kappa shape index (κ3) is 7.96. The third-order valence-corrected chi connectivity index (χ3v) is 10.3. The number of benzene rings is 2. The molecule has 1 aliphatic rings. The van der Waals surface area contributed by atoms with E-state index in [-0.39, 0.29) is 11.2 Å². The topological polar surface area (TPSA) is 215 Å². The molecule has 6 N–H and O–H groups in total. The molecule has 2 aromatic carbocycles. The molecule has 0 radical (unpaired) electrons. The highest BCUT2D eigenvalue weighted by Crippen LogP contribution is 2.37. The number of aryl methyl sites for hydroxylation is 2. The SMILES string of the molecule is CC1(C)OB(c2cc(Cl)c3nc[nH]c3c2)OC1(C)C.Cc1ccn(-c2nc(N)cnc2-c2cc(Cl)c3nc[nH]c3c2)n1.Cc1ccn(-c2nc(N)cnc2Br)n1. The van der Waals surface area contributed by atoms with Crippen LogP contribution in [0.1, 0.15) is 39.1 Å². The monoisotopic (exact) mass is 856 g/mol. The fourth-order valence-corrected chi connectivity index (χ4v) is 6.55. The number of imidazole rings is 2. The zero-order chi connectivity index (χ0) is 39.9. The van der Waals surface area contributed by atoms with Crippen LogP contribution in [0.3, 0.4) is 0 Å². The van der Waals surface area contributed by atoms with Crippen LogP contribution in [0, 0.1) is 13.8 Å². The van der Waals surface area contributed by atoms with Gasteiger partial charge in [0, 0.05) is 18.0 Å². The lowest BCUT2D eigenvalue weighted by molar-refractivity contribution is 0.00578. The zero-order valence-corrected chi connectivity index (χ0v) is 34.2. The van der Waals surface area contributed by atoms with Crippen molar-refractivity contribution in [2.75, 3.05) is 11.5 Å². The molecule has 286 valence electrons. The first kappa shape index (κ1) is 38.9. The van der Waals surface area contributed by atoms with E-state index in [0.717, 1.165) is 44.5 Å². The standard InChI is InChI=1S/C15H12ClN7.C13H16BClN2O2.C8H8BrN5/c1-8-2-3-23(22-8)15-13(18-6-12(17)21-15)9-4-10(16)14-11(5-9)19-7-20-14;1-12(2)13(3,4)19-14(18-12)8-5-9(15)11-10(6-8)16-7-17-11;1-5-2-3-14(13-5)8-7(9)11-4-6(10)12-8/h2-7H,1H3,(H2,17,21)(H,19,20);5-7H,1-4H3,(H,16,17);2-4H,1H3,(H2,10,12). The lowest BCUT2D eigenvalue weighted by Crippen LogP contribution is -2.41. The molecule has 20 heteroatoms. The van der Waals surface area contributed by atoms with Gasteiger partial charge in [-0.05, 0) is 99.3 Å². The van der Waals surface area contributed by atoms with Crippen LogP contribution in [0.15, 0.2) is 78.4 Å². The van der Waals surface area contributed by atoms with Crippen LogP contribution >= 0.6 is 39.1 Å². The van der Waals surface area contributed by atoms with Gasteiger partial charge in [-0.3, -0.25) is 0 Å². The molecule has 0 bridgehead atoms. The number of aromatic nitrogens is 12. The van der Waals surface area contributed by atoms with Crippen molar-refractivity contribution in [3.05, 3.63) is 99.9 Å². The largest absolute Gasteiger partial charge is 0.494 e. The van der Waals surface area contributed by atoms with Crippen molar-refractivity contribution in [3.8, 4) is 22.9 Å². The van der Waals surface area contributed by atoms with Gasteiger partial charge in [-0.1, -0.05) is 23.2 Å². The summed E-state index contributed by atoms with van der Waals surface area (Å²) in [7, 11) is -0.407. The van der Waals surface area contributed by atoms with E-state index < -0.39 is 7.12 Å². The second kappa shape index (κ2) is 15.3. The van der Waals surface area contributed by atoms with Crippen molar-refractivity contribution < 1.29 is 9.31 Å². The summed E-state index contributed by atoms with van der Waals surface area (Å²) in [5, 5.41) is 9.74. The molecule has 0 saturated carbocycles. The Morgan fingerprint density at radius 3 is 1.80 bits per heavy atom. The van der Waals surface area contributed by atoms with Crippen molar-refractivity contribution in [3.63, 3.8) is 0 Å². The number of nitrogens with one attached hydrogen (secondary N) is 2. The van der Waals surface area contributed by atoms with Crippen LogP contribution < -0.4 is 16.9 Å². The van der Waals surface area contributed by atoms with Crippen LogP contribution in [0.4, 0.5) is 11.6 Å². The van der Waals surface area contributed by atoms with E-state index in [1.165, 1.54) is 12.4 Å². The van der Waals surface area contributed by atoms with E-state index in [2.05, 4.69) is 66.0 Å². The second-order valence-corrected chi connectivity index (χ2v) is 15.4. The van der Waals surface area contributed by atoms with Gasteiger partial charge < -0.3 is 30.7 Å². The predicted octanol–water partition coefficient (Wildman–Crippen LogP) is 6.58.